The van der Waals surface area contributed by atoms with Crippen LogP contribution in [0.5, 0.6) is 0 Å². The van der Waals surface area contributed by atoms with Gasteiger partial charge < -0.3 is 14.9 Å². The summed E-state index contributed by atoms with van der Waals surface area (Å²) >= 11 is 0. The summed E-state index contributed by atoms with van der Waals surface area (Å²) in [7, 11) is 0. The van der Waals surface area contributed by atoms with Gasteiger partial charge in [-0.25, -0.2) is 4.79 Å². The molecule has 2 aliphatic heterocycles. The molecule has 2 unspecified atom stereocenters. The maximum absolute atomic E-state index is 11.8. The number of piperidine rings is 1. The van der Waals surface area contributed by atoms with Crippen LogP contribution in [0.4, 0.5) is 4.79 Å². The maximum Gasteiger partial charge on any atom is 0.407 e. The number of hydrogen-bond acceptors (Lipinski definition) is 5. The number of likely N-dealkylation sites (tertiary alicyclic amines) is 1. The molecule has 3 aliphatic rings. The molecule has 0 aromatic rings. The van der Waals surface area contributed by atoms with E-state index in [0.717, 1.165) is 31.4 Å². The Morgan fingerprint density at radius 2 is 2.07 bits per heavy atom. The van der Waals surface area contributed by atoms with Gasteiger partial charge in [0.25, 0.3) is 5.78 Å². The highest BCUT2D eigenvalue weighted by Crippen LogP contribution is 2.36. The van der Waals surface area contributed by atoms with Gasteiger partial charge in [0.05, 0.1) is 10.5 Å². The Morgan fingerprint density at radius 1 is 1.36 bits per heavy atom. The van der Waals surface area contributed by atoms with Crippen LogP contribution < -0.4 is 0 Å². The number of nitrogens with zero attached hydrogens (tertiary/aromatic N) is 3. The lowest BCUT2D eigenvalue weighted by molar-refractivity contribution is -0.419. The predicted molar refractivity (Wildman–Crippen MR) is 103 cm³/mol. The van der Waals surface area contributed by atoms with Gasteiger partial charge in [-0.1, -0.05) is 20.8 Å². The first-order valence-electron chi connectivity index (χ1n) is 9.63. The summed E-state index contributed by atoms with van der Waals surface area (Å²) in [5, 5.41) is 20.7. The van der Waals surface area contributed by atoms with Crippen LogP contribution in [-0.2, 0) is 4.79 Å². The van der Waals surface area contributed by atoms with Gasteiger partial charge in [-0.3, -0.25) is 14.9 Å². The minimum Gasteiger partial charge on any atom is -0.465 e. The minimum atomic E-state index is -0.859. The molecule has 8 heteroatoms. The minimum absolute atomic E-state index is 0.0207. The van der Waals surface area contributed by atoms with Gasteiger partial charge in [-0.05, 0) is 42.7 Å². The topological polar surface area (TPSA) is 104 Å². The first-order valence-corrected chi connectivity index (χ1v) is 9.63. The Hall–Kier alpha value is -2.64. The van der Waals surface area contributed by atoms with Gasteiger partial charge in [0.2, 0.25) is 0 Å². The van der Waals surface area contributed by atoms with E-state index >= 15 is 0 Å². The van der Waals surface area contributed by atoms with E-state index < -0.39 is 16.8 Å². The molecule has 0 bridgehead atoms. The Kier molecular flexibility index (Phi) is 5.32. The van der Waals surface area contributed by atoms with Gasteiger partial charge in [0.1, 0.15) is 0 Å². The molecule has 0 radical (unpaired) electrons. The normalized spacial score (nSPS) is 25.1. The van der Waals surface area contributed by atoms with Crippen molar-refractivity contribution >= 4 is 11.9 Å². The fourth-order valence-corrected chi connectivity index (χ4v) is 4.41. The van der Waals surface area contributed by atoms with Gasteiger partial charge in [0, 0.05) is 37.4 Å². The highest BCUT2D eigenvalue weighted by atomic mass is 16.6. The van der Waals surface area contributed by atoms with Crippen molar-refractivity contribution in [2.24, 2.45) is 11.3 Å². The average molecular weight is 389 g/mol. The van der Waals surface area contributed by atoms with Crippen molar-refractivity contribution in [2.45, 2.75) is 46.1 Å². The van der Waals surface area contributed by atoms with Crippen molar-refractivity contribution in [2.75, 3.05) is 19.6 Å². The number of rotatable bonds is 4. The van der Waals surface area contributed by atoms with Crippen LogP contribution in [0.2, 0.25) is 0 Å². The molecule has 0 saturated carbocycles. The first kappa shape index (κ1) is 20.1. The van der Waals surface area contributed by atoms with E-state index in [1.165, 1.54) is 6.08 Å². The Morgan fingerprint density at radius 3 is 2.68 bits per heavy atom. The van der Waals surface area contributed by atoms with Gasteiger partial charge >= 0.3 is 11.8 Å². The molecular weight excluding hydrogens is 362 g/mol. The summed E-state index contributed by atoms with van der Waals surface area (Å²) in [6, 6.07) is -0.0207. The van der Waals surface area contributed by atoms with Crippen LogP contribution in [0.15, 0.2) is 35.2 Å². The summed E-state index contributed by atoms with van der Waals surface area (Å²) in [6.45, 7) is 7.85. The summed E-state index contributed by atoms with van der Waals surface area (Å²) in [6.07, 6.45) is 6.46. The molecule has 1 amide bonds. The molecule has 8 nitrogen and oxygen atoms in total. The molecule has 0 aromatic heterocycles. The smallest absolute Gasteiger partial charge is 0.407 e. The Labute approximate surface area is 164 Å². The fraction of sp³-hybridized carbons (Fsp3) is 0.600. The highest BCUT2D eigenvalue weighted by molar-refractivity contribution is 6.05. The van der Waals surface area contributed by atoms with Crippen LogP contribution in [0.1, 0.15) is 40.0 Å². The third-order valence-corrected chi connectivity index (χ3v) is 5.93. The third kappa shape index (κ3) is 3.95. The SMILES string of the molecule is CC(C)(C)C1CC(CCN2C=C3C=CC(=O)C([N+](=O)[O-])=C3C2)CCN1C(=O)O. The number of allylic oxidation sites excluding steroid dienone is 2. The lowest BCUT2D eigenvalue weighted by Gasteiger charge is -2.44. The third-order valence-electron chi connectivity index (χ3n) is 5.93. The van der Waals surface area contributed by atoms with E-state index in [0.29, 0.717) is 24.6 Å². The van der Waals surface area contributed by atoms with E-state index in [4.69, 9.17) is 0 Å². The van der Waals surface area contributed by atoms with E-state index in [9.17, 15) is 24.8 Å². The van der Waals surface area contributed by atoms with Crippen LogP contribution in [0.25, 0.3) is 0 Å². The zero-order chi connectivity index (χ0) is 20.6. The molecule has 1 aliphatic carbocycles. The highest BCUT2D eigenvalue weighted by Gasteiger charge is 2.39. The molecule has 28 heavy (non-hydrogen) atoms. The molecular formula is C20H27N3O5. The van der Waals surface area contributed by atoms with Crippen LogP contribution in [0, 0.1) is 21.4 Å². The summed E-state index contributed by atoms with van der Waals surface area (Å²) in [5.74, 6) is -0.143. The predicted octanol–water partition coefficient (Wildman–Crippen LogP) is 3.05. The van der Waals surface area contributed by atoms with Crippen molar-refractivity contribution in [3.8, 4) is 0 Å². The number of carbonyl (C=O) groups is 2. The molecule has 2 heterocycles. The zero-order valence-corrected chi connectivity index (χ0v) is 16.6. The summed E-state index contributed by atoms with van der Waals surface area (Å²) < 4.78 is 0. The van der Waals surface area contributed by atoms with Crippen LogP contribution in [0.3, 0.4) is 0 Å². The molecule has 2 atom stereocenters. The van der Waals surface area contributed by atoms with Crippen LogP contribution >= 0.6 is 0 Å². The van der Waals surface area contributed by atoms with E-state index in [1.807, 2.05) is 11.1 Å². The lowest BCUT2D eigenvalue weighted by atomic mass is 9.76. The second-order valence-corrected chi connectivity index (χ2v) is 8.87. The van der Waals surface area contributed by atoms with Crippen molar-refractivity contribution in [3.05, 3.63) is 45.3 Å². The van der Waals surface area contributed by atoms with Gasteiger partial charge in [-0.15, -0.1) is 0 Å². The molecule has 0 spiro atoms. The molecule has 1 N–H and O–H groups in total. The molecule has 152 valence electrons. The lowest BCUT2D eigenvalue weighted by Crippen LogP contribution is -2.51. The number of carbonyl (C=O) groups excluding carboxylic acids is 1. The quantitative estimate of drug-likeness (QED) is 0.585. The van der Waals surface area contributed by atoms with E-state index in [1.54, 1.807) is 11.0 Å². The van der Waals surface area contributed by atoms with Gasteiger partial charge in [-0.2, -0.15) is 0 Å². The van der Waals surface area contributed by atoms with Gasteiger partial charge in [0.15, 0.2) is 0 Å². The van der Waals surface area contributed by atoms with Crippen LogP contribution in [-0.4, -0.2) is 57.4 Å². The molecule has 1 saturated heterocycles. The van der Waals surface area contributed by atoms with E-state index in [2.05, 4.69) is 20.8 Å². The number of nitro groups is 1. The zero-order valence-electron chi connectivity index (χ0n) is 16.6. The number of carboxylic acid groups (broad SMARTS) is 1. The molecule has 1 fully saturated rings. The maximum atomic E-state index is 11.8. The number of fused-ring (bicyclic) bond motifs is 1. The monoisotopic (exact) mass is 389 g/mol. The Bertz CT molecular complexity index is 790. The van der Waals surface area contributed by atoms with Crippen molar-refractivity contribution in [1.82, 2.24) is 9.80 Å². The molecule has 0 aromatic carbocycles. The van der Waals surface area contributed by atoms with Crippen molar-refractivity contribution in [3.63, 3.8) is 0 Å². The largest absolute Gasteiger partial charge is 0.465 e. The standard InChI is InChI=1S/C20H27N3O5/c1-20(2,3)17-10-13(7-9-22(17)19(25)26)6-8-21-11-14-4-5-16(24)18(23(27)28)15(14)12-21/h4-5,11,13,17H,6-10,12H2,1-3H3,(H,25,26). The summed E-state index contributed by atoms with van der Waals surface area (Å²) in [5.41, 5.74) is 0.780. The average Bonchev–Trinajstić information content (AvgIpc) is 3.01. The summed E-state index contributed by atoms with van der Waals surface area (Å²) in [4.78, 5) is 37.6. The number of hydrogen-bond donors (Lipinski definition) is 1. The van der Waals surface area contributed by atoms with E-state index in [-0.39, 0.29) is 17.2 Å². The molecule has 3 rings (SSSR count). The Balaban J connectivity index is 1.64. The fourth-order valence-electron chi connectivity index (χ4n) is 4.41. The van der Waals surface area contributed by atoms with Crippen molar-refractivity contribution < 1.29 is 19.6 Å². The second-order valence-electron chi connectivity index (χ2n) is 8.87. The first-order chi connectivity index (χ1) is 13.1. The number of ketones is 1. The van der Waals surface area contributed by atoms with Crippen molar-refractivity contribution in [1.29, 1.82) is 0 Å². The number of amides is 1. The second kappa shape index (κ2) is 7.41.